The third kappa shape index (κ3) is 7.85. The van der Waals surface area contributed by atoms with Crippen LogP contribution in [0.3, 0.4) is 0 Å². The first-order valence-electron chi connectivity index (χ1n) is 7.37. The molecule has 0 saturated heterocycles. The van der Waals surface area contributed by atoms with Gasteiger partial charge < -0.3 is 15.4 Å². The number of alkyl carbamates (subject to hydrolysis) is 1. The van der Waals surface area contributed by atoms with Crippen molar-refractivity contribution in [1.29, 1.82) is 0 Å². The monoisotopic (exact) mass is 346 g/mol. The van der Waals surface area contributed by atoms with Crippen LogP contribution in [-0.4, -0.2) is 24.1 Å². The SMILES string of the molecule is CC(C)(C)OC(=O)NCCC(=O)NCc1cccc(C(F)(F)F)c1. The van der Waals surface area contributed by atoms with Gasteiger partial charge in [0.15, 0.2) is 0 Å². The van der Waals surface area contributed by atoms with Gasteiger partial charge >= 0.3 is 12.3 Å². The van der Waals surface area contributed by atoms with Crippen LogP contribution in [0, 0.1) is 0 Å². The molecule has 1 rings (SSSR count). The second kappa shape index (κ2) is 8.03. The van der Waals surface area contributed by atoms with Crippen molar-refractivity contribution in [2.45, 2.75) is 45.5 Å². The Morgan fingerprint density at radius 3 is 2.38 bits per heavy atom. The van der Waals surface area contributed by atoms with Crippen LogP contribution >= 0.6 is 0 Å². The van der Waals surface area contributed by atoms with E-state index < -0.39 is 23.4 Å². The average molecular weight is 346 g/mol. The molecule has 2 amide bonds. The summed E-state index contributed by atoms with van der Waals surface area (Å²) < 4.78 is 42.8. The van der Waals surface area contributed by atoms with Crippen LogP contribution in [0.5, 0.6) is 0 Å². The van der Waals surface area contributed by atoms with Crippen LogP contribution < -0.4 is 10.6 Å². The number of carbonyl (C=O) groups is 2. The van der Waals surface area contributed by atoms with Crippen molar-refractivity contribution in [2.75, 3.05) is 6.54 Å². The highest BCUT2D eigenvalue weighted by Gasteiger charge is 2.30. The number of amides is 2. The molecule has 0 aliphatic heterocycles. The van der Waals surface area contributed by atoms with Gasteiger partial charge in [0.1, 0.15) is 5.60 Å². The molecule has 0 bridgehead atoms. The predicted molar refractivity (Wildman–Crippen MR) is 82.1 cm³/mol. The Bertz CT molecular complexity index is 581. The Morgan fingerprint density at radius 2 is 1.79 bits per heavy atom. The zero-order valence-electron chi connectivity index (χ0n) is 13.8. The summed E-state index contributed by atoms with van der Waals surface area (Å²) in [6, 6.07) is 4.73. The van der Waals surface area contributed by atoms with Gasteiger partial charge in [0.25, 0.3) is 0 Å². The minimum atomic E-state index is -4.42. The van der Waals surface area contributed by atoms with Gasteiger partial charge in [0, 0.05) is 19.5 Å². The van der Waals surface area contributed by atoms with E-state index in [4.69, 9.17) is 4.74 Å². The molecule has 0 aliphatic rings. The summed E-state index contributed by atoms with van der Waals surface area (Å²) in [5.74, 6) is -0.386. The van der Waals surface area contributed by atoms with Crippen molar-refractivity contribution >= 4 is 12.0 Å². The zero-order chi connectivity index (χ0) is 18.4. The van der Waals surface area contributed by atoms with Gasteiger partial charge in [-0.25, -0.2) is 4.79 Å². The lowest BCUT2D eigenvalue weighted by Gasteiger charge is -2.19. The fourth-order valence-electron chi connectivity index (χ4n) is 1.74. The molecule has 5 nitrogen and oxygen atoms in total. The summed E-state index contributed by atoms with van der Waals surface area (Å²) in [6.45, 7) is 5.20. The topological polar surface area (TPSA) is 67.4 Å². The van der Waals surface area contributed by atoms with Crippen molar-refractivity contribution < 1.29 is 27.5 Å². The van der Waals surface area contributed by atoms with Gasteiger partial charge in [-0.15, -0.1) is 0 Å². The number of hydrogen-bond acceptors (Lipinski definition) is 3. The molecule has 0 fully saturated rings. The van der Waals surface area contributed by atoms with E-state index in [9.17, 15) is 22.8 Å². The summed E-state index contributed by atoms with van der Waals surface area (Å²) in [5, 5.41) is 4.93. The third-order valence-corrected chi connectivity index (χ3v) is 2.76. The highest BCUT2D eigenvalue weighted by molar-refractivity contribution is 5.77. The maximum absolute atomic E-state index is 12.6. The Morgan fingerprint density at radius 1 is 1.12 bits per heavy atom. The van der Waals surface area contributed by atoms with Crippen LogP contribution in [0.15, 0.2) is 24.3 Å². The highest BCUT2D eigenvalue weighted by atomic mass is 19.4. The number of alkyl halides is 3. The average Bonchev–Trinajstić information content (AvgIpc) is 2.42. The molecule has 0 atom stereocenters. The molecule has 1 aromatic carbocycles. The van der Waals surface area contributed by atoms with Gasteiger partial charge in [0.2, 0.25) is 5.91 Å². The summed E-state index contributed by atoms with van der Waals surface area (Å²) in [4.78, 5) is 23.0. The number of ether oxygens (including phenoxy) is 1. The van der Waals surface area contributed by atoms with Crippen molar-refractivity contribution in [1.82, 2.24) is 10.6 Å². The molecule has 0 aromatic heterocycles. The first-order chi connectivity index (χ1) is 11.0. The Labute approximate surface area is 138 Å². The lowest BCUT2D eigenvalue weighted by Crippen LogP contribution is -2.35. The second-order valence-corrected chi connectivity index (χ2v) is 6.15. The fraction of sp³-hybridized carbons (Fsp3) is 0.500. The van der Waals surface area contributed by atoms with E-state index in [0.717, 1.165) is 12.1 Å². The predicted octanol–water partition coefficient (Wildman–Crippen LogP) is 3.24. The Hall–Kier alpha value is -2.25. The first-order valence-corrected chi connectivity index (χ1v) is 7.37. The third-order valence-electron chi connectivity index (χ3n) is 2.76. The molecule has 1 aromatic rings. The maximum Gasteiger partial charge on any atom is 0.416 e. The maximum atomic E-state index is 12.6. The van der Waals surface area contributed by atoms with E-state index in [2.05, 4.69) is 10.6 Å². The van der Waals surface area contributed by atoms with Crippen LogP contribution in [-0.2, 0) is 22.3 Å². The largest absolute Gasteiger partial charge is 0.444 e. The minimum Gasteiger partial charge on any atom is -0.444 e. The summed E-state index contributed by atoms with van der Waals surface area (Å²) >= 11 is 0. The fourth-order valence-corrected chi connectivity index (χ4v) is 1.74. The van der Waals surface area contributed by atoms with E-state index in [0.29, 0.717) is 5.56 Å². The van der Waals surface area contributed by atoms with E-state index in [1.807, 2.05) is 0 Å². The first kappa shape index (κ1) is 19.8. The van der Waals surface area contributed by atoms with Crippen molar-refractivity contribution in [3.63, 3.8) is 0 Å². The summed E-state index contributed by atoms with van der Waals surface area (Å²) in [5.41, 5.74) is -1.05. The van der Waals surface area contributed by atoms with E-state index >= 15 is 0 Å². The van der Waals surface area contributed by atoms with Gasteiger partial charge in [-0.05, 0) is 38.5 Å². The van der Waals surface area contributed by atoms with Crippen LogP contribution in [0.4, 0.5) is 18.0 Å². The number of halogens is 3. The number of benzene rings is 1. The summed E-state index contributed by atoms with van der Waals surface area (Å²) in [7, 11) is 0. The number of rotatable bonds is 5. The molecule has 0 radical (unpaired) electrons. The lowest BCUT2D eigenvalue weighted by molar-refractivity contribution is -0.137. The molecular formula is C16H21F3N2O3. The molecule has 0 saturated carbocycles. The Balaban J connectivity index is 2.36. The quantitative estimate of drug-likeness (QED) is 0.860. The van der Waals surface area contributed by atoms with Crippen LogP contribution in [0.1, 0.15) is 38.3 Å². The standard InChI is InChI=1S/C16H21F3N2O3/c1-15(2,3)24-14(23)20-8-7-13(22)21-10-11-5-4-6-12(9-11)16(17,18)19/h4-6,9H,7-8,10H2,1-3H3,(H,20,23)(H,21,22). The van der Waals surface area contributed by atoms with Crippen molar-refractivity contribution in [3.05, 3.63) is 35.4 Å². The zero-order valence-corrected chi connectivity index (χ0v) is 13.8. The molecule has 0 spiro atoms. The summed E-state index contributed by atoms with van der Waals surface area (Å²) in [6.07, 6.45) is -5.05. The molecule has 2 N–H and O–H groups in total. The van der Waals surface area contributed by atoms with E-state index in [-0.39, 0.29) is 25.4 Å². The second-order valence-electron chi connectivity index (χ2n) is 6.15. The van der Waals surface area contributed by atoms with Crippen LogP contribution in [0.25, 0.3) is 0 Å². The molecule has 134 valence electrons. The number of hydrogen-bond donors (Lipinski definition) is 2. The van der Waals surface area contributed by atoms with E-state index in [1.165, 1.54) is 12.1 Å². The molecule has 0 unspecified atom stereocenters. The van der Waals surface area contributed by atoms with E-state index in [1.54, 1.807) is 20.8 Å². The number of nitrogens with one attached hydrogen (secondary N) is 2. The Kier molecular flexibility index (Phi) is 6.62. The minimum absolute atomic E-state index is 0.00178. The van der Waals surface area contributed by atoms with Crippen LogP contribution in [0.2, 0.25) is 0 Å². The number of carbonyl (C=O) groups excluding carboxylic acids is 2. The smallest absolute Gasteiger partial charge is 0.416 e. The lowest BCUT2D eigenvalue weighted by atomic mass is 10.1. The van der Waals surface area contributed by atoms with Crippen molar-refractivity contribution in [2.24, 2.45) is 0 Å². The molecule has 0 heterocycles. The van der Waals surface area contributed by atoms with Gasteiger partial charge in [-0.3, -0.25) is 4.79 Å². The van der Waals surface area contributed by atoms with Crippen molar-refractivity contribution in [3.8, 4) is 0 Å². The molecule has 0 aliphatic carbocycles. The molecule has 8 heteroatoms. The van der Waals surface area contributed by atoms with Gasteiger partial charge in [0.05, 0.1) is 5.56 Å². The molecule has 24 heavy (non-hydrogen) atoms. The molecular weight excluding hydrogens is 325 g/mol. The highest BCUT2D eigenvalue weighted by Crippen LogP contribution is 2.29. The van der Waals surface area contributed by atoms with Gasteiger partial charge in [-0.1, -0.05) is 12.1 Å². The normalized spacial score (nSPS) is 11.8. The van der Waals surface area contributed by atoms with Gasteiger partial charge in [-0.2, -0.15) is 13.2 Å².